The summed E-state index contributed by atoms with van der Waals surface area (Å²) in [4.78, 5) is 10.7. The maximum Gasteiger partial charge on any atom is 0.192 e. The molecular weight excluding hydrogens is 243 g/mol. The van der Waals surface area contributed by atoms with Crippen LogP contribution in [0.3, 0.4) is 0 Å². The Bertz CT molecular complexity index is 469. The van der Waals surface area contributed by atoms with Gasteiger partial charge in [0.05, 0.1) is 18.4 Å². The van der Waals surface area contributed by atoms with Crippen LogP contribution in [0, 0.1) is 11.7 Å². The Hall–Kier alpha value is -1.65. The maximum atomic E-state index is 13.1. The Kier molecular flexibility index (Phi) is 3.73. The highest BCUT2D eigenvalue weighted by atomic mass is 19.1. The van der Waals surface area contributed by atoms with Crippen molar-refractivity contribution in [2.75, 3.05) is 13.1 Å². The van der Waals surface area contributed by atoms with Gasteiger partial charge >= 0.3 is 0 Å². The normalized spacial score (nSPS) is 23.0. The minimum atomic E-state index is -0.331. The standard InChI is InChI=1S/C14H21FN4/c1-4-14(12-6-5-11(15)7-17-12)9-18-13(16)19(14)8-10(2)3/h5-7,10H,4,8-9H2,1-3H3,(H2,16,18). The summed E-state index contributed by atoms with van der Waals surface area (Å²) in [6.45, 7) is 7.78. The molecule has 0 radical (unpaired) electrons. The molecule has 0 amide bonds. The van der Waals surface area contributed by atoms with E-state index in [-0.39, 0.29) is 11.4 Å². The monoisotopic (exact) mass is 264 g/mol. The smallest absolute Gasteiger partial charge is 0.192 e. The molecule has 1 aromatic rings. The van der Waals surface area contributed by atoms with Gasteiger partial charge < -0.3 is 10.6 Å². The summed E-state index contributed by atoms with van der Waals surface area (Å²) in [7, 11) is 0. The third-order valence-corrected chi connectivity index (χ3v) is 3.63. The van der Waals surface area contributed by atoms with Crippen molar-refractivity contribution < 1.29 is 4.39 Å². The van der Waals surface area contributed by atoms with Crippen molar-refractivity contribution in [1.29, 1.82) is 0 Å². The van der Waals surface area contributed by atoms with Gasteiger partial charge in [-0.05, 0) is 24.5 Å². The van der Waals surface area contributed by atoms with Gasteiger partial charge in [-0.1, -0.05) is 20.8 Å². The van der Waals surface area contributed by atoms with Crippen LogP contribution in [-0.2, 0) is 5.54 Å². The van der Waals surface area contributed by atoms with E-state index in [9.17, 15) is 4.39 Å². The number of hydrogen-bond acceptors (Lipinski definition) is 4. The molecule has 104 valence electrons. The fourth-order valence-corrected chi connectivity index (χ4v) is 2.59. The van der Waals surface area contributed by atoms with E-state index >= 15 is 0 Å². The largest absolute Gasteiger partial charge is 0.370 e. The lowest BCUT2D eigenvalue weighted by Crippen LogP contribution is -2.50. The predicted octanol–water partition coefficient (Wildman–Crippen LogP) is 2.11. The zero-order valence-corrected chi connectivity index (χ0v) is 11.7. The molecule has 0 bridgehead atoms. The van der Waals surface area contributed by atoms with Gasteiger partial charge in [0.25, 0.3) is 0 Å². The fraction of sp³-hybridized carbons (Fsp3) is 0.571. The molecule has 1 atom stereocenters. The SMILES string of the molecule is CCC1(c2ccc(F)cn2)CN=C(N)N1CC(C)C. The van der Waals surface area contributed by atoms with E-state index in [2.05, 4.69) is 35.6 Å². The Labute approximate surface area is 113 Å². The molecule has 1 unspecified atom stereocenters. The summed E-state index contributed by atoms with van der Waals surface area (Å²) >= 11 is 0. The summed E-state index contributed by atoms with van der Waals surface area (Å²) in [6, 6.07) is 3.18. The number of nitrogens with zero attached hydrogens (tertiary/aromatic N) is 3. The minimum absolute atomic E-state index is 0.322. The number of nitrogens with two attached hydrogens (primary N) is 1. The second-order valence-electron chi connectivity index (χ2n) is 5.43. The number of aromatic nitrogens is 1. The van der Waals surface area contributed by atoms with E-state index in [1.165, 1.54) is 12.3 Å². The highest BCUT2D eigenvalue weighted by molar-refractivity contribution is 5.81. The molecule has 0 aliphatic carbocycles. The molecule has 1 aromatic heterocycles. The summed E-state index contributed by atoms with van der Waals surface area (Å²) in [5, 5.41) is 0. The van der Waals surface area contributed by atoms with Gasteiger partial charge in [0.1, 0.15) is 11.4 Å². The molecule has 2 heterocycles. The predicted molar refractivity (Wildman–Crippen MR) is 74.2 cm³/mol. The van der Waals surface area contributed by atoms with Gasteiger partial charge in [-0.3, -0.25) is 9.98 Å². The molecule has 0 spiro atoms. The van der Waals surface area contributed by atoms with Crippen LogP contribution in [0.2, 0.25) is 0 Å². The van der Waals surface area contributed by atoms with Crippen LogP contribution in [0.15, 0.2) is 23.3 Å². The van der Waals surface area contributed by atoms with Crippen molar-refractivity contribution in [3.05, 3.63) is 29.8 Å². The number of halogens is 1. The molecule has 1 aliphatic heterocycles. The quantitative estimate of drug-likeness (QED) is 0.906. The third kappa shape index (κ3) is 2.41. The van der Waals surface area contributed by atoms with Gasteiger partial charge in [0.15, 0.2) is 5.96 Å². The molecule has 0 aromatic carbocycles. The second-order valence-corrected chi connectivity index (χ2v) is 5.43. The van der Waals surface area contributed by atoms with E-state index in [1.807, 2.05) is 0 Å². The molecular formula is C14H21FN4. The van der Waals surface area contributed by atoms with Gasteiger partial charge in [-0.25, -0.2) is 4.39 Å². The Morgan fingerprint density at radius 3 is 2.74 bits per heavy atom. The van der Waals surface area contributed by atoms with E-state index < -0.39 is 0 Å². The van der Waals surface area contributed by atoms with Gasteiger partial charge in [0, 0.05) is 6.54 Å². The highest BCUT2D eigenvalue weighted by Gasteiger charge is 2.43. The Morgan fingerprint density at radius 2 is 2.21 bits per heavy atom. The third-order valence-electron chi connectivity index (χ3n) is 3.63. The molecule has 2 N–H and O–H groups in total. The molecule has 2 rings (SSSR count). The van der Waals surface area contributed by atoms with Crippen LogP contribution >= 0.6 is 0 Å². The first-order chi connectivity index (χ1) is 8.99. The second kappa shape index (κ2) is 5.15. The molecule has 0 fully saturated rings. The fourth-order valence-electron chi connectivity index (χ4n) is 2.59. The lowest BCUT2D eigenvalue weighted by Gasteiger charge is -2.39. The van der Waals surface area contributed by atoms with Crippen molar-refractivity contribution in [2.24, 2.45) is 16.6 Å². The van der Waals surface area contributed by atoms with Crippen LogP contribution in [0.1, 0.15) is 32.9 Å². The van der Waals surface area contributed by atoms with Crippen LogP contribution in [0.5, 0.6) is 0 Å². The van der Waals surface area contributed by atoms with Crippen molar-refractivity contribution in [3.63, 3.8) is 0 Å². The first-order valence-electron chi connectivity index (χ1n) is 6.69. The molecule has 5 heteroatoms. The summed E-state index contributed by atoms with van der Waals surface area (Å²) in [6.07, 6.45) is 2.09. The summed E-state index contributed by atoms with van der Waals surface area (Å²) in [5.41, 5.74) is 6.52. The summed E-state index contributed by atoms with van der Waals surface area (Å²) < 4.78 is 13.1. The van der Waals surface area contributed by atoms with Gasteiger partial charge in [0.2, 0.25) is 0 Å². The minimum Gasteiger partial charge on any atom is -0.370 e. The molecule has 0 saturated heterocycles. The number of rotatable bonds is 4. The molecule has 19 heavy (non-hydrogen) atoms. The number of aliphatic imine (C=N–C) groups is 1. The molecule has 1 aliphatic rings. The van der Waals surface area contributed by atoms with E-state index in [4.69, 9.17) is 5.73 Å². The summed E-state index contributed by atoms with van der Waals surface area (Å²) in [5.74, 6) is 0.706. The van der Waals surface area contributed by atoms with Gasteiger partial charge in [-0.15, -0.1) is 0 Å². The zero-order chi connectivity index (χ0) is 14.0. The van der Waals surface area contributed by atoms with E-state index in [0.29, 0.717) is 18.4 Å². The van der Waals surface area contributed by atoms with E-state index in [0.717, 1.165) is 18.7 Å². The van der Waals surface area contributed by atoms with Crippen LogP contribution in [-0.4, -0.2) is 28.9 Å². The molecule has 4 nitrogen and oxygen atoms in total. The van der Waals surface area contributed by atoms with Gasteiger partial charge in [-0.2, -0.15) is 0 Å². The Balaban J connectivity index is 2.39. The topological polar surface area (TPSA) is 54.5 Å². The number of pyridine rings is 1. The average Bonchev–Trinajstić information content (AvgIpc) is 2.69. The van der Waals surface area contributed by atoms with Crippen LogP contribution in [0.4, 0.5) is 4.39 Å². The van der Waals surface area contributed by atoms with Crippen molar-refractivity contribution in [1.82, 2.24) is 9.88 Å². The van der Waals surface area contributed by atoms with Crippen molar-refractivity contribution in [3.8, 4) is 0 Å². The first-order valence-corrected chi connectivity index (χ1v) is 6.69. The van der Waals surface area contributed by atoms with Crippen LogP contribution in [0.25, 0.3) is 0 Å². The van der Waals surface area contributed by atoms with E-state index in [1.54, 1.807) is 6.07 Å². The van der Waals surface area contributed by atoms with Crippen molar-refractivity contribution in [2.45, 2.75) is 32.7 Å². The lowest BCUT2D eigenvalue weighted by atomic mass is 9.89. The molecule has 0 saturated carbocycles. The average molecular weight is 264 g/mol. The number of guanidine groups is 1. The lowest BCUT2D eigenvalue weighted by molar-refractivity contribution is 0.171. The zero-order valence-electron chi connectivity index (χ0n) is 11.7. The van der Waals surface area contributed by atoms with Crippen molar-refractivity contribution >= 4 is 5.96 Å². The Morgan fingerprint density at radius 1 is 1.47 bits per heavy atom. The highest BCUT2D eigenvalue weighted by Crippen LogP contribution is 2.35. The van der Waals surface area contributed by atoms with Crippen LogP contribution < -0.4 is 5.73 Å². The number of hydrogen-bond donors (Lipinski definition) is 1. The first kappa shape index (κ1) is 13.8. The maximum absolute atomic E-state index is 13.1.